The van der Waals surface area contributed by atoms with Crippen molar-refractivity contribution in [1.82, 2.24) is 15.1 Å². The Morgan fingerprint density at radius 1 is 0.968 bits per heavy atom. The van der Waals surface area contributed by atoms with Gasteiger partial charge in [0, 0.05) is 45.8 Å². The number of carbonyl (C=O) groups excluding carboxylic acids is 1. The maximum atomic E-state index is 13.1. The van der Waals surface area contributed by atoms with Crippen LogP contribution in [0.25, 0.3) is 0 Å². The first-order valence-corrected chi connectivity index (χ1v) is 11.0. The highest BCUT2D eigenvalue weighted by atomic mass is 16.5. The molecule has 4 rings (SSSR count). The SMILES string of the molecule is COc1ccccc1N1CCN(C(=O)NC(CN2CCOCC2)c2ccccc2)CC1. The minimum Gasteiger partial charge on any atom is -0.495 e. The van der Waals surface area contributed by atoms with Crippen LogP contribution in [-0.4, -0.2) is 82.0 Å². The van der Waals surface area contributed by atoms with Gasteiger partial charge in [-0.25, -0.2) is 4.79 Å². The highest BCUT2D eigenvalue weighted by Gasteiger charge is 2.26. The molecule has 1 N–H and O–H groups in total. The fourth-order valence-corrected chi connectivity index (χ4v) is 4.24. The second-order valence-electron chi connectivity index (χ2n) is 7.97. The van der Waals surface area contributed by atoms with Crippen LogP contribution in [0.2, 0.25) is 0 Å². The normalized spacial score (nSPS) is 18.5. The molecule has 0 radical (unpaired) electrons. The topological polar surface area (TPSA) is 57.3 Å². The minimum atomic E-state index is -0.0425. The van der Waals surface area contributed by atoms with Gasteiger partial charge >= 0.3 is 6.03 Å². The van der Waals surface area contributed by atoms with E-state index in [1.165, 1.54) is 0 Å². The second kappa shape index (κ2) is 10.5. The Labute approximate surface area is 184 Å². The molecule has 0 bridgehead atoms. The Balaban J connectivity index is 1.37. The van der Waals surface area contributed by atoms with Crippen LogP contribution in [0.5, 0.6) is 5.75 Å². The smallest absolute Gasteiger partial charge is 0.318 e. The van der Waals surface area contributed by atoms with Crippen molar-refractivity contribution in [1.29, 1.82) is 0 Å². The molecule has 7 heteroatoms. The van der Waals surface area contributed by atoms with E-state index in [-0.39, 0.29) is 12.1 Å². The van der Waals surface area contributed by atoms with Crippen molar-refractivity contribution >= 4 is 11.7 Å². The van der Waals surface area contributed by atoms with Gasteiger partial charge in [-0.2, -0.15) is 0 Å². The number of morpholine rings is 1. The van der Waals surface area contributed by atoms with Crippen molar-refractivity contribution in [2.75, 3.05) is 71.0 Å². The number of nitrogens with one attached hydrogen (secondary N) is 1. The highest BCUT2D eigenvalue weighted by molar-refractivity contribution is 5.75. The zero-order chi connectivity index (χ0) is 21.5. The number of ether oxygens (including phenoxy) is 2. The first-order valence-electron chi connectivity index (χ1n) is 11.0. The summed E-state index contributed by atoms with van der Waals surface area (Å²) in [6, 6.07) is 18.2. The van der Waals surface area contributed by atoms with Gasteiger partial charge in [0.1, 0.15) is 5.75 Å². The lowest BCUT2D eigenvalue weighted by molar-refractivity contribution is 0.0337. The quantitative estimate of drug-likeness (QED) is 0.773. The Morgan fingerprint density at radius 3 is 2.35 bits per heavy atom. The number of amides is 2. The van der Waals surface area contributed by atoms with Crippen LogP contribution in [0, 0.1) is 0 Å². The largest absolute Gasteiger partial charge is 0.495 e. The number of carbonyl (C=O) groups is 1. The lowest BCUT2D eigenvalue weighted by atomic mass is 10.1. The lowest BCUT2D eigenvalue weighted by Crippen LogP contribution is -2.53. The number of rotatable bonds is 6. The summed E-state index contributed by atoms with van der Waals surface area (Å²) in [6.07, 6.45) is 0. The van der Waals surface area contributed by atoms with Gasteiger partial charge in [-0.1, -0.05) is 42.5 Å². The van der Waals surface area contributed by atoms with E-state index >= 15 is 0 Å². The molecule has 2 saturated heterocycles. The van der Waals surface area contributed by atoms with Crippen LogP contribution < -0.4 is 15.0 Å². The van der Waals surface area contributed by atoms with Crippen molar-refractivity contribution in [3.8, 4) is 5.75 Å². The van der Waals surface area contributed by atoms with Crippen molar-refractivity contribution < 1.29 is 14.3 Å². The molecule has 1 atom stereocenters. The molecule has 2 fully saturated rings. The van der Waals surface area contributed by atoms with Crippen molar-refractivity contribution in [3.05, 3.63) is 60.2 Å². The molecular formula is C24H32N4O3. The van der Waals surface area contributed by atoms with Crippen LogP contribution in [0.15, 0.2) is 54.6 Å². The van der Waals surface area contributed by atoms with E-state index in [0.29, 0.717) is 13.1 Å². The summed E-state index contributed by atoms with van der Waals surface area (Å²) >= 11 is 0. The zero-order valence-corrected chi connectivity index (χ0v) is 18.2. The van der Waals surface area contributed by atoms with Gasteiger partial charge in [0.15, 0.2) is 0 Å². The molecule has 2 amide bonds. The average Bonchev–Trinajstić information content (AvgIpc) is 2.85. The van der Waals surface area contributed by atoms with Crippen molar-refractivity contribution in [2.45, 2.75) is 6.04 Å². The number of para-hydroxylation sites is 2. The molecule has 0 saturated carbocycles. The summed E-state index contributed by atoms with van der Waals surface area (Å²) in [7, 11) is 1.70. The monoisotopic (exact) mass is 424 g/mol. The molecule has 7 nitrogen and oxygen atoms in total. The fourth-order valence-electron chi connectivity index (χ4n) is 4.24. The first-order chi connectivity index (χ1) is 15.2. The second-order valence-corrected chi connectivity index (χ2v) is 7.97. The van der Waals surface area contributed by atoms with Crippen LogP contribution >= 0.6 is 0 Å². The number of urea groups is 1. The average molecular weight is 425 g/mol. The molecule has 2 aromatic rings. The number of piperazine rings is 1. The summed E-state index contributed by atoms with van der Waals surface area (Å²) in [4.78, 5) is 19.7. The molecule has 2 heterocycles. The maximum Gasteiger partial charge on any atom is 0.318 e. The van der Waals surface area contributed by atoms with Gasteiger partial charge in [0.25, 0.3) is 0 Å². The van der Waals surface area contributed by atoms with Crippen molar-refractivity contribution in [3.63, 3.8) is 0 Å². The van der Waals surface area contributed by atoms with E-state index in [1.807, 2.05) is 41.3 Å². The van der Waals surface area contributed by atoms with E-state index in [4.69, 9.17) is 9.47 Å². The molecule has 1 unspecified atom stereocenters. The Bertz CT molecular complexity index is 834. The maximum absolute atomic E-state index is 13.1. The summed E-state index contributed by atoms with van der Waals surface area (Å²) in [6.45, 7) is 7.03. The summed E-state index contributed by atoms with van der Waals surface area (Å²) in [5.41, 5.74) is 2.22. The van der Waals surface area contributed by atoms with E-state index in [2.05, 4.69) is 33.3 Å². The number of nitrogens with zero attached hydrogens (tertiary/aromatic N) is 3. The zero-order valence-electron chi connectivity index (χ0n) is 18.2. The van der Waals surface area contributed by atoms with Gasteiger partial charge in [-0.05, 0) is 17.7 Å². The Hall–Kier alpha value is -2.77. The third-order valence-electron chi connectivity index (χ3n) is 6.04. The van der Waals surface area contributed by atoms with E-state index in [1.54, 1.807) is 7.11 Å². The standard InChI is InChI=1S/C24H32N4O3/c1-30-23-10-6-5-9-22(23)27-11-13-28(14-12-27)24(29)25-21(20-7-3-2-4-8-20)19-26-15-17-31-18-16-26/h2-10,21H,11-19H2,1H3,(H,25,29). The molecule has 0 aromatic heterocycles. The van der Waals surface area contributed by atoms with Crippen LogP contribution in [-0.2, 0) is 4.74 Å². The predicted octanol–water partition coefficient (Wildman–Crippen LogP) is 2.60. The van der Waals surface area contributed by atoms with Crippen LogP contribution in [0.4, 0.5) is 10.5 Å². The van der Waals surface area contributed by atoms with E-state index in [0.717, 1.165) is 62.9 Å². The van der Waals surface area contributed by atoms with Gasteiger partial charge in [0.2, 0.25) is 0 Å². The van der Waals surface area contributed by atoms with Gasteiger partial charge in [-0.3, -0.25) is 4.90 Å². The van der Waals surface area contributed by atoms with Gasteiger partial charge in [-0.15, -0.1) is 0 Å². The molecule has 2 aliphatic heterocycles. The predicted molar refractivity (Wildman–Crippen MR) is 122 cm³/mol. The van der Waals surface area contributed by atoms with Crippen LogP contribution in [0.1, 0.15) is 11.6 Å². The number of hydrogen-bond acceptors (Lipinski definition) is 5. The fraction of sp³-hybridized carbons (Fsp3) is 0.458. The third-order valence-corrected chi connectivity index (χ3v) is 6.04. The number of benzene rings is 2. The van der Waals surface area contributed by atoms with Crippen LogP contribution in [0.3, 0.4) is 0 Å². The summed E-state index contributed by atoms with van der Waals surface area (Å²) in [5, 5.41) is 3.29. The number of methoxy groups -OCH3 is 1. The van der Waals surface area contributed by atoms with Crippen molar-refractivity contribution in [2.24, 2.45) is 0 Å². The van der Waals surface area contributed by atoms with Gasteiger partial charge < -0.3 is 24.6 Å². The summed E-state index contributed by atoms with van der Waals surface area (Å²) in [5.74, 6) is 0.870. The molecule has 2 aromatic carbocycles. The lowest BCUT2D eigenvalue weighted by Gasteiger charge is -2.38. The highest BCUT2D eigenvalue weighted by Crippen LogP contribution is 2.28. The molecular weight excluding hydrogens is 392 g/mol. The molecule has 166 valence electrons. The van der Waals surface area contributed by atoms with E-state index in [9.17, 15) is 4.79 Å². The molecule has 31 heavy (non-hydrogen) atoms. The Kier molecular flexibility index (Phi) is 7.27. The number of hydrogen-bond donors (Lipinski definition) is 1. The third kappa shape index (κ3) is 5.48. The number of anilines is 1. The molecule has 2 aliphatic rings. The van der Waals surface area contributed by atoms with Gasteiger partial charge in [0.05, 0.1) is 32.1 Å². The summed E-state index contributed by atoms with van der Waals surface area (Å²) < 4.78 is 11.0. The minimum absolute atomic E-state index is 0.00166. The van der Waals surface area contributed by atoms with E-state index < -0.39 is 0 Å². The molecule has 0 spiro atoms. The first kappa shape index (κ1) is 21.5. The molecule has 0 aliphatic carbocycles. The Morgan fingerprint density at radius 2 is 1.65 bits per heavy atom.